The van der Waals surface area contributed by atoms with Crippen LogP contribution in [0.4, 0.5) is 5.95 Å². The van der Waals surface area contributed by atoms with E-state index < -0.39 is 0 Å². The Labute approximate surface area is 112 Å². The standard InChI is InChI=1S/C13H19N5O/c1-5-6-14-13-15-8-9(2)12(16-13)19-11-7-10(3)17-18(11)4/h7-8H,5-6H2,1-4H3,(H,14,15,16). The quantitative estimate of drug-likeness (QED) is 0.895. The molecule has 0 aliphatic rings. The minimum absolute atomic E-state index is 0.552. The van der Waals surface area contributed by atoms with Gasteiger partial charge in [-0.3, -0.25) is 0 Å². The number of aromatic nitrogens is 4. The predicted octanol–water partition coefficient (Wildman–Crippen LogP) is 2.44. The highest BCUT2D eigenvalue weighted by Crippen LogP contribution is 2.23. The van der Waals surface area contributed by atoms with Gasteiger partial charge >= 0.3 is 0 Å². The lowest BCUT2D eigenvalue weighted by molar-refractivity contribution is 0.412. The highest BCUT2D eigenvalue weighted by Gasteiger charge is 2.09. The zero-order valence-electron chi connectivity index (χ0n) is 11.8. The fourth-order valence-corrected chi connectivity index (χ4v) is 1.63. The van der Waals surface area contributed by atoms with E-state index in [4.69, 9.17) is 4.74 Å². The van der Waals surface area contributed by atoms with Crippen molar-refractivity contribution in [2.75, 3.05) is 11.9 Å². The van der Waals surface area contributed by atoms with Gasteiger partial charge in [0.2, 0.25) is 17.7 Å². The van der Waals surface area contributed by atoms with Crippen molar-refractivity contribution in [2.45, 2.75) is 27.2 Å². The average Bonchev–Trinajstić information content (AvgIpc) is 2.69. The molecule has 2 aromatic rings. The third-order valence-corrected chi connectivity index (χ3v) is 2.62. The number of hydrogen-bond donors (Lipinski definition) is 1. The molecule has 102 valence electrons. The van der Waals surface area contributed by atoms with Gasteiger partial charge in [0.05, 0.1) is 5.69 Å². The van der Waals surface area contributed by atoms with Crippen molar-refractivity contribution in [3.63, 3.8) is 0 Å². The van der Waals surface area contributed by atoms with Gasteiger partial charge < -0.3 is 10.1 Å². The summed E-state index contributed by atoms with van der Waals surface area (Å²) >= 11 is 0. The van der Waals surface area contributed by atoms with E-state index in [0.29, 0.717) is 17.7 Å². The number of anilines is 1. The van der Waals surface area contributed by atoms with Crippen molar-refractivity contribution in [3.8, 4) is 11.8 Å². The second kappa shape index (κ2) is 5.69. The minimum Gasteiger partial charge on any atom is -0.421 e. The number of hydrogen-bond acceptors (Lipinski definition) is 5. The molecule has 0 saturated heterocycles. The molecule has 0 amide bonds. The Balaban J connectivity index is 2.21. The molecular formula is C13H19N5O. The van der Waals surface area contributed by atoms with Gasteiger partial charge in [-0.2, -0.15) is 10.1 Å². The summed E-state index contributed by atoms with van der Waals surface area (Å²) in [6.45, 7) is 6.78. The maximum absolute atomic E-state index is 5.79. The van der Waals surface area contributed by atoms with Gasteiger partial charge in [-0.1, -0.05) is 6.92 Å². The van der Waals surface area contributed by atoms with E-state index >= 15 is 0 Å². The van der Waals surface area contributed by atoms with E-state index in [-0.39, 0.29) is 0 Å². The fourth-order valence-electron chi connectivity index (χ4n) is 1.63. The monoisotopic (exact) mass is 261 g/mol. The molecule has 0 fully saturated rings. The van der Waals surface area contributed by atoms with Crippen LogP contribution < -0.4 is 10.1 Å². The molecule has 0 aliphatic heterocycles. The van der Waals surface area contributed by atoms with Gasteiger partial charge in [0.25, 0.3) is 0 Å². The number of nitrogens with one attached hydrogen (secondary N) is 1. The summed E-state index contributed by atoms with van der Waals surface area (Å²) in [6, 6.07) is 1.88. The van der Waals surface area contributed by atoms with Crippen LogP contribution in [0.1, 0.15) is 24.6 Å². The normalized spacial score (nSPS) is 10.5. The molecule has 1 N–H and O–H groups in total. The van der Waals surface area contributed by atoms with Gasteiger partial charge in [0.15, 0.2) is 0 Å². The summed E-state index contributed by atoms with van der Waals surface area (Å²) in [4.78, 5) is 8.59. The van der Waals surface area contributed by atoms with Crippen LogP contribution in [0.25, 0.3) is 0 Å². The summed E-state index contributed by atoms with van der Waals surface area (Å²) < 4.78 is 7.48. The van der Waals surface area contributed by atoms with Crippen LogP contribution in [-0.2, 0) is 7.05 Å². The molecule has 0 spiro atoms. The second-order valence-electron chi connectivity index (χ2n) is 4.46. The van der Waals surface area contributed by atoms with E-state index in [1.54, 1.807) is 10.9 Å². The molecule has 2 aromatic heterocycles. The van der Waals surface area contributed by atoms with Gasteiger partial charge in [-0.05, 0) is 20.3 Å². The van der Waals surface area contributed by atoms with Gasteiger partial charge in [0.1, 0.15) is 0 Å². The molecular weight excluding hydrogens is 242 g/mol. The third kappa shape index (κ3) is 3.21. The molecule has 0 bridgehead atoms. The number of rotatable bonds is 5. The first-order valence-corrected chi connectivity index (χ1v) is 6.36. The Morgan fingerprint density at radius 1 is 1.37 bits per heavy atom. The Bertz CT molecular complexity index is 564. The summed E-state index contributed by atoms with van der Waals surface area (Å²) in [5, 5.41) is 7.38. The first-order chi connectivity index (χ1) is 9.10. The Kier molecular flexibility index (Phi) is 3.99. The lowest BCUT2D eigenvalue weighted by Crippen LogP contribution is -2.06. The molecule has 0 aromatic carbocycles. The smallest absolute Gasteiger partial charge is 0.229 e. The highest BCUT2D eigenvalue weighted by atomic mass is 16.5. The van der Waals surface area contributed by atoms with Gasteiger partial charge in [-0.25, -0.2) is 9.67 Å². The minimum atomic E-state index is 0.552. The molecule has 0 unspecified atom stereocenters. The van der Waals surface area contributed by atoms with Crippen LogP contribution in [0.5, 0.6) is 11.8 Å². The van der Waals surface area contributed by atoms with Gasteiger partial charge in [0, 0.05) is 31.4 Å². The van der Waals surface area contributed by atoms with Crippen LogP contribution in [0.3, 0.4) is 0 Å². The van der Waals surface area contributed by atoms with E-state index in [9.17, 15) is 0 Å². The Morgan fingerprint density at radius 2 is 2.16 bits per heavy atom. The van der Waals surface area contributed by atoms with Crippen molar-refractivity contribution in [1.82, 2.24) is 19.7 Å². The lowest BCUT2D eigenvalue weighted by atomic mass is 10.4. The van der Waals surface area contributed by atoms with Gasteiger partial charge in [-0.15, -0.1) is 0 Å². The largest absolute Gasteiger partial charge is 0.421 e. The van der Waals surface area contributed by atoms with Crippen molar-refractivity contribution in [2.24, 2.45) is 7.05 Å². The number of nitrogens with zero attached hydrogens (tertiary/aromatic N) is 4. The van der Waals surface area contributed by atoms with Crippen LogP contribution in [-0.4, -0.2) is 26.3 Å². The number of ether oxygens (including phenoxy) is 1. The molecule has 19 heavy (non-hydrogen) atoms. The Morgan fingerprint density at radius 3 is 2.79 bits per heavy atom. The first kappa shape index (κ1) is 13.3. The van der Waals surface area contributed by atoms with E-state index in [1.165, 1.54) is 0 Å². The van der Waals surface area contributed by atoms with Crippen LogP contribution in [0.2, 0.25) is 0 Å². The molecule has 0 radical (unpaired) electrons. The lowest BCUT2D eigenvalue weighted by Gasteiger charge is -2.09. The first-order valence-electron chi connectivity index (χ1n) is 6.36. The molecule has 0 atom stereocenters. The second-order valence-corrected chi connectivity index (χ2v) is 4.46. The van der Waals surface area contributed by atoms with E-state index in [2.05, 4.69) is 27.3 Å². The topological polar surface area (TPSA) is 64.9 Å². The van der Waals surface area contributed by atoms with Crippen LogP contribution in [0, 0.1) is 13.8 Å². The zero-order chi connectivity index (χ0) is 13.8. The third-order valence-electron chi connectivity index (χ3n) is 2.62. The summed E-state index contributed by atoms with van der Waals surface area (Å²) in [5.41, 5.74) is 1.80. The molecule has 0 aliphatic carbocycles. The van der Waals surface area contributed by atoms with Crippen molar-refractivity contribution >= 4 is 5.95 Å². The summed E-state index contributed by atoms with van der Waals surface area (Å²) in [6.07, 6.45) is 2.78. The highest BCUT2D eigenvalue weighted by molar-refractivity contribution is 5.34. The van der Waals surface area contributed by atoms with E-state index in [0.717, 1.165) is 24.2 Å². The van der Waals surface area contributed by atoms with Crippen LogP contribution in [0.15, 0.2) is 12.3 Å². The maximum atomic E-state index is 5.79. The van der Waals surface area contributed by atoms with E-state index in [1.807, 2.05) is 27.0 Å². The maximum Gasteiger partial charge on any atom is 0.229 e. The predicted molar refractivity (Wildman–Crippen MR) is 73.6 cm³/mol. The van der Waals surface area contributed by atoms with Crippen molar-refractivity contribution < 1.29 is 4.74 Å². The van der Waals surface area contributed by atoms with Crippen LogP contribution >= 0.6 is 0 Å². The molecule has 0 saturated carbocycles. The molecule has 2 heterocycles. The van der Waals surface area contributed by atoms with Crippen molar-refractivity contribution in [3.05, 3.63) is 23.5 Å². The summed E-state index contributed by atoms with van der Waals surface area (Å²) in [7, 11) is 1.84. The zero-order valence-corrected chi connectivity index (χ0v) is 11.8. The SMILES string of the molecule is CCCNc1ncc(C)c(Oc2cc(C)nn2C)n1. The number of aryl methyl sites for hydroxylation is 3. The van der Waals surface area contributed by atoms with Crippen molar-refractivity contribution in [1.29, 1.82) is 0 Å². The molecule has 6 nitrogen and oxygen atoms in total. The fraction of sp³-hybridized carbons (Fsp3) is 0.462. The molecule has 6 heteroatoms. The Hall–Kier alpha value is -2.11. The molecule has 2 rings (SSSR count). The average molecular weight is 261 g/mol. The summed E-state index contributed by atoms with van der Waals surface area (Å²) in [5.74, 6) is 1.80.